The third kappa shape index (κ3) is 9.30. The van der Waals surface area contributed by atoms with Crippen molar-refractivity contribution in [3.8, 4) is 0 Å². The van der Waals surface area contributed by atoms with Gasteiger partial charge >= 0.3 is 11.9 Å². The summed E-state index contributed by atoms with van der Waals surface area (Å²) in [5, 5.41) is 0. The Hall–Kier alpha value is -3.40. The van der Waals surface area contributed by atoms with Crippen molar-refractivity contribution in [2.24, 2.45) is 17.3 Å². The highest BCUT2D eigenvalue weighted by molar-refractivity contribution is 5.77. The molecule has 0 N–H and O–H groups in total. The Morgan fingerprint density at radius 3 is 1.86 bits per heavy atom. The van der Waals surface area contributed by atoms with E-state index in [1.54, 1.807) is 0 Å². The lowest BCUT2D eigenvalue weighted by Crippen LogP contribution is -2.42. The number of benzene rings is 3. The molecule has 0 aliphatic rings. The smallest absolute Gasteiger partial charge is 0.311 e. The van der Waals surface area contributed by atoms with Crippen LogP contribution in [0.15, 0.2) is 91.0 Å². The topological polar surface area (TPSA) is 52.6 Å². The van der Waals surface area contributed by atoms with Gasteiger partial charge in [0.15, 0.2) is 0 Å². The fraction of sp³-hybridized carbons (Fsp3) is 0.500. The quantitative estimate of drug-likeness (QED) is 0.108. The predicted molar refractivity (Wildman–Crippen MR) is 181 cm³/mol. The van der Waals surface area contributed by atoms with E-state index in [-0.39, 0.29) is 23.8 Å². The van der Waals surface area contributed by atoms with Gasteiger partial charge in [-0.2, -0.15) is 0 Å². The number of hydrogen-bond acceptors (Lipinski definition) is 4. The van der Waals surface area contributed by atoms with Gasteiger partial charge in [-0.25, -0.2) is 0 Å². The average molecular weight is 599 g/mol. The maximum atomic E-state index is 14.2. The highest BCUT2D eigenvalue weighted by Gasteiger charge is 2.47. The highest BCUT2D eigenvalue weighted by atomic mass is 16.5. The van der Waals surface area contributed by atoms with E-state index in [4.69, 9.17) is 9.47 Å². The Kier molecular flexibility index (Phi) is 13.7. The van der Waals surface area contributed by atoms with Crippen LogP contribution >= 0.6 is 0 Å². The Balaban J connectivity index is 2.22. The maximum Gasteiger partial charge on any atom is 0.311 e. The minimum atomic E-state index is -0.834. The summed E-state index contributed by atoms with van der Waals surface area (Å²) in [6.07, 6.45) is 6.43. The minimum absolute atomic E-state index is 0.183. The lowest BCUT2D eigenvalue weighted by Gasteiger charge is -2.44. The molecule has 44 heavy (non-hydrogen) atoms. The summed E-state index contributed by atoms with van der Waals surface area (Å²) in [7, 11) is 1.42. The molecule has 4 heteroatoms. The standard InChI is InChI=1S/C40H54O4/c1-7-9-27-44-38(42)39(5,26-25-32(4)37(41)43-6)30-40(35-21-15-11-16-22-35,36-23-17-12-18-24-36)29-34(28-31(3)8-2)33-19-13-10-14-20-33/h10-24,31-32,34H,7-9,25-30H2,1-6H3. The van der Waals surface area contributed by atoms with E-state index in [1.807, 2.05) is 6.92 Å². The summed E-state index contributed by atoms with van der Waals surface area (Å²) in [6.45, 7) is 11.0. The molecule has 0 fully saturated rings. The molecular formula is C40H54O4. The molecule has 238 valence electrons. The van der Waals surface area contributed by atoms with Gasteiger partial charge in [-0.3, -0.25) is 9.59 Å². The second-order valence-corrected chi connectivity index (χ2v) is 13.1. The van der Waals surface area contributed by atoms with E-state index in [2.05, 4.69) is 119 Å². The lowest BCUT2D eigenvalue weighted by atomic mass is 9.59. The van der Waals surface area contributed by atoms with Gasteiger partial charge in [-0.1, -0.05) is 132 Å². The van der Waals surface area contributed by atoms with Gasteiger partial charge in [0.25, 0.3) is 0 Å². The van der Waals surface area contributed by atoms with Crippen LogP contribution in [-0.4, -0.2) is 25.7 Å². The van der Waals surface area contributed by atoms with Crippen molar-refractivity contribution >= 4 is 11.9 Å². The molecule has 4 unspecified atom stereocenters. The third-order valence-electron chi connectivity index (χ3n) is 9.55. The summed E-state index contributed by atoms with van der Waals surface area (Å²) in [5.74, 6) is 0.0870. The second kappa shape index (κ2) is 17.2. The van der Waals surface area contributed by atoms with Crippen molar-refractivity contribution in [1.82, 2.24) is 0 Å². The van der Waals surface area contributed by atoms with Crippen LogP contribution in [0, 0.1) is 17.3 Å². The van der Waals surface area contributed by atoms with Gasteiger partial charge in [0, 0.05) is 5.41 Å². The van der Waals surface area contributed by atoms with Crippen LogP contribution in [0.3, 0.4) is 0 Å². The molecule has 4 nitrogen and oxygen atoms in total. The molecule has 0 amide bonds. The SMILES string of the molecule is CCCCOC(=O)C(C)(CCC(C)C(=O)OC)CC(CC(CC(C)CC)c1ccccc1)(c1ccccc1)c1ccccc1. The van der Waals surface area contributed by atoms with Gasteiger partial charge in [0.1, 0.15) is 0 Å². The number of ether oxygens (including phenoxy) is 2. The van der Waals surface area contributed by atoms with Crippen LogP contribution in [0.5, 0.6) is 0 Å². The monoisotopic (exact) mass is 598 g/mol. The average Bonchev–Trinajstić information content (AvgIpc) is 3.07. The fourth-order valence-corrected chi connectivity index (χ4v) is 6.59. The Labute approximate surface area is 266 Å². The molecule has 4 atom stereocenters. The summed E-state index contributed by atoms with van der Waals surface area (Å²) < 4.78 is 11.1. The molecule has 0 bridgehead atoms. The molecular weight excluding hydrogens is 544 g/mol. The predicted octanol–water partition coefficient (Wildman–Crippen LogP) is 9.91. The van der Waals surface area contributed by atoms with Crippen molar-refractivity contribution in [3.05, 3.63) is 108 Å². The van der Waals surface area contributed by atoms with Crippen molar-refractivity contribution < 1.29 is 19.1 Å². The molecule has 3 aromatic rings. The van der Waals surface area contributed by atoms with Crippen LogP contribution < -0.4 is 0 Å². The number of rotatable bonds is 18. The Morgan fingerprint density at radius 2 is 1.36 bits per heavy atom. The van der Waals surface area contributed by atoms with E-state index in [0.29, 0.717) is 31.8 Å². The fourth-order valence-electron chi connectivity index (χ4n) is 6.59. The highest BCUT2D eigenvalue weighted by Crippen LogP contribution is 2.51. The largest absolute Gasteiger partial charge is 0.469 e. The molecule has 0 aliphatic carbocycles. The Morgan fingerprint density at radius 1 is 0.818 bits per heavy atom. The zero-order chi connectivity index (χ0) is 32.0. The van der Waals surface area contributed by atoms with Gasteiger partial charge in [-0.05, 0) is 74.0 Å². The van der Waals surface area contributed by atoms with E-state index in [1.165, 1.54) is 23.8 Å². The molecule has 3 rings (SSSR count). The first-order valence-electron chi connectivity index (χ1n) is 16.6. The van der Waals surface area contributed by atoms with Crippen molar-refractivity contribution in [3.63, 3.8) is 0 Å². The first-order valence-corrected chi connectivity index (χ1v) is 16.6. The maximum absolute atomic E-state index is 14.2. The number of carbonyl (C=O) groups excluding carboxylic acids is 2. The molecule has 0 aliphatic heterocycles. The molecule has 0 heterocycles. The van der Waals surface area contributed by atoms with E-state index < -0.39 is 10.8 Å². The van der Waals surface area contributed by atoms with Crippen molar-refractivity contribution in [2.45, 2.75) is 97.3 Å². The summed E-state index contributed by atoms with van der Waals surface area (Å²) in [5.41, 5.74) is 2.41. The molecule has 0 radical (unpaired) electrons. The zero-order valence-electron chi connectivity index (χ0n) is 27.9. The molecule has 0 aromatic heterocycles. The third-order valence-corrected chi connectivity index (χ3v) is 9.55. The number of carbonyl (C=O) groups is 2. The first-order chi connectivity index (χ1) is 21.2. The van der Waals surface area contributed by atoms with Crippen LogP contribution in [0.4, 0.5) is 0 Å². The molecule has 0 spiro atoms. The van der Waals surface area contributed by atoms with E-state index in [0.717, 1.165) is 32.1 Å². The van der Waals surface area contributed by atoms with Gasteiger partial charge < -0.3 is 9.47 Å². The number of esters is 2. The minimum Gasteiger partial charge on any atom is -0.469 e. The van der Waals surface area contributed by atoms with Crippen molar-refractivity contribution in [1.29, 1.82) is 0 Å². The summed E-state index contributed by atoms with van der Waals surface area (Å²) >= 11 is 0. The normalized spacial score (nSPS) is 15.0. The second-order valence-electron chi connectivity index (χ2n) is 13.1. The van der Waals surface area contributed by atoms with Gasteiger partial charge in [-0.15, -0.1) is 0 Å². The zero-order valence-corrected chi connectivity index (χ0v) is 27.9. The van der Waals surface area contributed by atoms with Crippen LogP contribution in [-0.2, 0) is 24.5 Å². The van der Waals surface area contributed by atoms with E-state index >= 15 is 0 Å². The Bertz CT molecular complexity index is 1220. The number of unbranched alkanes of at least 4 members (excludes halogenated alkanes) is 1. The van der Waals surface area contributed by atoms with Crippen LogP contribution in [0.2, 0.25) is 0 Å². The molecule has 3 aromatic carbocycles. The van der Waals surface area contributed by atoms with Crippen LogP contribution in [0.1, 0.15) is 109 Å². The van der Waals surface area contributed by atoms with Crippen LogP contribution in [0.25, 0.3) is 0 Å². The summed E-state index contributed by atoms with van der Waals surface area (Å²) in [4.78, 5) is 26.6. The first kappa shape index (κ1) is 35.1. The van der Waals surface area contributed by atoms with Crippen molar-refractivity contribution in [2.75, 3.05) is 13.7 Å². The van der Waals surface area contributed by atoms with Gasteiger partial charge in [0.05, 0.1) is 25.0 Å². The molecule has 0 saturated carbocycles. The number of methoxy groups -OCH3 is 1. The summed E-state index contributed by atoms with van der Waals surface area (Å²) in [6, 6.07) is 32.3. The van der Waals surface area contributed by atoms with E-state index in [9.17, 15) is 9.59 Å². The lowest BCUT2D eigenvalue weighted by molar-refractivity contribution is -0.158. The molecule has 0 saturated heterocycles. The number of hydrogen-bond donors (Lipinski definition) is 0. The van der Waals surface area contributed by atoms with Gasteiger partial charge in [0.2, 0.25) is 0 Å².